The maximum absolute atomic E-state index is 12.7. The van der Waals surface area contributed by atoms with Crippen molar-refractivity contribution in [3.63, 3.8) is 0 Å². The van der Waals surface area contributed by atoms with Crippen LogP contribution < -0.4 is 5.32 Å². The standard InChI is InChI=1S/C15H17N3O4S3/c1-9-13(10(2)19)24-15(16-9)17-14(20)11-5-3-7-18(11)25(21,22)12-6-4-8-23-12/h4,6,8,11H,3,5,7H2,1-2H3,(H,16,17,20). The van der Waals surface area contributed by atoms with Crippen LogP contribution in [0.3, 0.4) is 0 Å². The van der Waals surface area contributed by atoms with Crippen molar-refractivity contribution in [3.8, 4) is 0 Å². The summed E-state index contributed by atoms with van der Waals surface area (Å²) in [7, 11) is -3.68. The van der Waals surface area contributed by atoms with Crippen molar-refractivity contribution in [1.82, 2.24) is 9.29 Å². The zero-order chi connectivity index (χ0) is 18.2. The van der Waals surface area contributed by atoms with Crippen molar-refractivity contribution in [1.29, 1.82) is 0 Å². The molecule has 1 atom stereocenters. The Labute approximate surface area is 153 Å². The van der Waals surface area contributed by atoms with Gasteiger partial charge in [-0.1, -0.05) is 17.4 Å². The summed E-state index contributed by atoms with van der Waals surface area (Å²) in [4.78, 5) is 28.8. The van der Waals surface area contributed by atoms with Gasteiger partial charge in [0.15, 0.2) is 10.9 Å². The summed E-state index contributed by atoms with van der Waals surface area (Å²) in [5, 5.41) is 4.67. The summed E-state index contributed by atoms with van der Waals surface area (Å²) in [6.07, 6.45) is 1.08. The van der Waals surface area contributed by atoms with Crippen molar-refractivity contribution in [2.24, 2.45) is 0 Å². The first-order valence-electron chi connectivity index (χ1n) is 7.65. The van der Waals surface area contributed by atoms with Crippen molar-refractivity contribution in [2.75, 3.05) is 11.9 Å². The van der Waals surface area contributed by atoms with Crippen molar-refractivity contribution in [3.05, 3.63) is 28.1 Å². The Balaban J connectivity index is 1.80. The molecule has 0 aliphatic carbocycles. The molecule has 0 aromatic carbocycles. The molecule has 10 heteroatoms. The predicted octanol–water partition coefficient (Wildman–Crippen LogP) is 2.51. The van der Waals surface area contributed by atoms with Gasteiger partial charge in [-0.05, 0) is 31.2 Å². The second kappa shape index (κ2) is 6.94. The molecule has 3 heterocycles. The van der Waals surface area contributed by atoms with E-state index >= 15 is 0 Å². The van der Waals surface area contributed by atoms with Crippen LogP contribution in [0, 0.1) is 6.92 Å². The lowest BCUT2D eigenvalue weighted by Gasteiger charge is -2.22. The first kappa shape index (κ1) is 18.2. The number of nitrogens with zero attached hydrogens (tertiary/aromatic N) is 2. The summed E-state index contributed by atoms with van der Waals surface area (Å²) in [6, 6.07) is 2.44. The zero-order valence-electron chi connectivity index (χ0n) is 13.7. The average molecular weight is 400 g/mol. The van der Waals surface area contributed by atoms with Crippen LogP contribution in [0.1, 0.15) is 35.1 Å². The first-order valence-corrected chi connectivity index (χ1v) is 10.8. The highest BCUT2D eigenvalue weighted by molar-refractivity contribution is 7.91. The number of thiazole rings is 1. The van der Waals surface area contributed by atoms with E-state index in [4.69, 9.17) is 0 Å². The lowest BCUT2D eigenvalue weighted by molar-refractivity contribution is -0.119. The van der Waals surface area contributed by atoms with E-state index in [0.717, 1.165) is 22.7 Å². The molecule has 1 fully saturated rings. The molecular formula is C15H17N3O4S3. The second-order valence-electron chi connectivity index (χ2n) is 5.68. The molecule has 1 aliphatic rings. The normalized spacial score (nSPS) is 18.4. The molecular weight excluding hydrogens is 382 g/mol. The molecule has 134 valence electrons. The number of anilines is 1. The lowest BCUT2D eigenvalue weighted by atomic mass is 10.2. The molecule has 25 heavy (non-hydrogen) atoms. The number of hydrogen-bond donors (Lipinski definition) is 1. The topological polar surface area (TPSA) is 96.4 Å². The minimum atomic E-state index is -3.68. The maximum Gasteiger partial charge on any atom is 0.253 e. The molecule has 1 saturated heterocycles. The Hall–Kier alpha value is -1.62. The van der Waals surface area contributed by atoms with Gasteiger partial charge in [0.1, 0.15) is 10.3 Å². The Kier molecular flexibility index (Phi) is 5.05. The third kappa shape index (κ3) is 3.52. The van der Waals surface area contributed by atoms with Gasteiger partial charge >= 0.3 is 0 Å². The highest BCUT2D eigenvalue weighted by Crippen LogP contribution is 2.30. The summed E-state index contributed by atoms with van der Waals surface area (Å²) in [6.45, 7) is 3.46. The van der Waals surface area contributed by atoms with Crippen LogP contribution >= 0.6 is 22.7 Å². The van der Waals surface area contributed by atoms with Crippen LogP contribution in [0.15, 0.2) is 21.7 Å². The molecule has 1 N–H and O–H groups in total. The number of aromatic nitrogens is 1. The number of aryl methyl sites for hydroxylation is 1. The van der Waals surface area contributed by atoms with Gasteiger partial charge in [0, 0.05) is 13.5 Å². The highest BCUT2D eigenvalue weighted by Gasteiger charge is 2.40. The fourth-order valence-corrected chi connectivity index (χ4v) is 6.42. The first-order chi connectivity index (χ1) is 11.8. The third-order valence-corrected chi connectivity index (χ3v) is 8.37. The monoisotopic (exact) mass is 399 g/mol. The van der Waals surface area contributed by atoms with Crippen molar-refractivity contribution in [2.45, 2.75) is 36.9 Å². The molecule has 3 rings (SSSR count). The Morgan fingerprint density at radius 2 is 2.16 bits per heavy atom. The third-order valence-electron chi connectivity index (χ3n) is 3.91. The van der Waals surface area contributed by atoms with Gasteiger partial charge in [-0.15, -0.1) is 11.3 Å². The molecule has 1 amide bonds. The van der Waals surface area contributed by atoms with Crippen LogP contribution in [-0.4, -0.2) is 42.0 Å². The number of hydrogen-bond acceptors (Lipinski definition) is 7. The zero-order valence-corrected chi connectivity index (χ0v) is 16.1. The minimum absolute atomic E-state index is 0.113. The van der Waals surface area contributed by atoms with E-state index in [1.54, 1.807) is 18.4 Å². The minimum Gasteiger partial charge on any atom is -0.301 e. The summed E-state index contributed by atoms with van der Waals surface area (Å²) in [5.74, 6) is -0.528. The smallest absolute Gasteiger partial charge is 0.253 e. The number of nitrogens with one attached hydrogen (secondary N) is 1. The van der Waals surface area contributed by atoms with E-state index < -0.39 is 22.0 Å². The molecule has 0 saturated carbocycles. The molecule has 7 nitrogen and oxygen atoms in total. The second-order valence-corrected chi connectivity index (χ2v) is 9.75. The van der Waals surface area contributed by atoms with E-state index in [1.165, 1.54) is 17.3 Å². The van der Waals surface area contributed by atoms with Crippen molar-refractivity contribution < 1.29 is 18.0 Å². The van der Waals surface area contributed by atoms with Crippen LogP contribution in [-0.2, 0) is 14.8 Å². The van der Waals surface area contributed by atoms with Gasteiger partial charge in [0.25, 0.3) is 10.0 Å². The van der Waals surface area contributed by atoms with Gasteiger partial charge in [-0.2, -0.15) is 4.31 Å². The molecule has 0 spiro atoms. The van der Waals surface area contributed by atoms with Crippen LogP contribution in [0.25, 0.3) is 0 Å². The van der Waals surface area contributed by atoms with Crippen LogP contribution in [0.5, 0.6) is 0 Å². The number of Topliss-reactive ketones (excluding diaryl/α,β-unsaturated/α-hetero) is 1. The molecule has 1 unspecified atom stereocenters. The predicted molar refractivity (Wildman–Crippen MR) is 96.7 cm³/mol. The van der Waals surface area contributed by atoms with Gasteiger partial charge in [0.05, 0.1) is 10.6 Å². The molecule has 0 bridgehead atoms. The summed E-state index contributed by atoms with van der Waals surface area (Å²) < 4.78 is 26.9. The fraction of sp³-hybridized carbons (Fsp3) is 0.400. The maximum atomic E-state index is 12.7. The molecule has 0 radical (unpaired) electrons. The highest BCUT2D eigenvalue weighted by atomic mass is 32.2. The number of ketones is 1. The van der Waals surface area contributed by atoms with Gasteiger partial charge in [-0.25, -0.2) is 13.4 Å². The number of rotatable bonds is 5. The van der Waals surface area contributed by atoms with Crippen LogP contribution in [0.4, 0.5) is 5.13 Å². The Bertz CT molecular complexity index is 903. The van der Waals surface area contributed by atoms with Crippen molar-refractivity contribution >= 4 is 49.5 Å². The van der Waals surface area contributed by atoms with Gasteiger partial charge in [0.2, 0.25) is 5.91 Å². The van der Waals surface area contributed by atoms with Gasteiger partial charge < -0.3 is 5.32 Å². The molecule has 1 aliphatic heterocycles. The molecule has 2 aromatic rings. The largest absolute Gasteiger partial charge is 0.301 e. The number of thiophene rings is 1. The summed E-state index contributed by atoms with van der Waals surface area (Å²) in [5.41, 5.74) is 0.558. The van der Waals surface area contributed by atoms with E-state index in [-0.39, 0.29) is 9.99 Å². The fourth-order valence-electron chi connectivity index (χ4n) is 2.78. The number of sulfonamides is 1. The number of carbonyl (C=O) groups is 2. The number of amides is 1. The SMILES string of the molecule is CC(=O)c1sc(NC(=O)C2CCCN2S(=O)(=O)c2cccs2)nc1C. The number of carbonyl (C=O) groups excluding carboxylic acids is 2. The average Bonchev–Trinajstić information content (AvgIpc) is 3.27. The molecule has 2 aromatic heterocycles. The quantitative estimate of drug-likeness (QED) is 0.779. The van der Waals surface area contributed by atoms with Gasteiger partial charge in [-0.3, -0.25) is 9.59 Å². The Morgan fingerprint density at radius 3 is 2.76 bits per heavy atom. The lowest BCUT2D eigenvalue weighted by Crippen LogP contribution is -2.42. The summed E-state index contributed by atoms with van der Waals surface area (Å²) >= 11 is 2.24. The van der Waals surface area contributed by atoms with E-state index in [0.29, 0.717) is 35.1 Å². The van der Waals surface area contributed by atoms with Crippen LogP contribution in [0.2, 0.25) is 0 Å². The van der Waals surface area contributed by atoms with E-state index in [1.807, 2.05) is 0 Å². The van der Waals surface area contributed by atoms with E-state index in [2.05, 4.69) is 10.3 Å². The van der Waals surface area contributed by atoms with E-state index in [9.17, 15) is 18.0 Å². The Morgan fingerprint density at radius 1 is 1.40 bits per heavy atom.